The van der Waals surface area contributed by atoms with E-state index in [1.165, 1.54) is 0 Å². The zero-order chi connectivity index (χ0) is 14.0. The Labute approximate surface area is 116 Å². The van der Waals surface area contributed by atoms with E-state index >= 15 is 0 Å². The van der Waals surface area contributed by atoms with Crippen molar-refractivity contribution in [3.63, 3.8) is 0 Å². The molecule has 0 aliphatic rings. The number of amides is 1. The highest BCUT2D eigenvalue weighted by atomic mass is 32.1. The number of hydrogen-bond acceptors (Lipinski definition) is 4. The van der Waals surface area contributed by atoms with Crippen LogP contribution in [0.15, 0.2) is 5.38 Å². The Morgan fingerprint density at radius 3 is 2.68 bits per heavy atom. The lowest BCUT2D eigenvalue weighted by Gasteiger charge is -2.04. The van der Waals surface area contributed by atoms with Crippen molar-refractivity contribution in [2.45, 2.75) is 33.7 Å². The second-order valence-electron chi connectivity index (χ2n) is 4.58. The van der Waals surface area contributed by atoms with Gasteiger partial charge in [0, 0.05) is 23.7 Å². The highest BCUT2D eigenvalue weighted by molar-refractivity contribution is 7.09. The second kappa shape index (κ2) is 5.52. The number of nitrogens with zero attached hydrogens (tertiary/aromatic N) is 3. The molecule has 6 heteroatoms. The van der Waals surface area contributed by atoms with Crippen molar-refractivity contribution >= 4 is 17.2 Å². The summed E-state index contributed by atoms with van der Waals surface area (Å²) in [5.74, 6) is 0.00449. The van der Waals surface area contributed by atoms with Crippen LogP contribution in [0.1, 0.15) is 27.7 Å². The molecule has 0 aliphatic heterocycles. The summed E-state index contributed by atoms with van der Waals surface area (Å²) < 4.78 is 1.81. The number of thiazole rings is 1. The minimum Gasteiger partial charge on any atom is -0.350 e. The molecule has 102 valence electrons. The highest BCUT2D eigenvalue weighted by Crippen LogP contribution is 2.12. The zero-order valence-corrected chi connectivity index (χ0v) is 12.5. The van der Waals surface area contributed by atoms with E-state index in [1.807, 2.05) is 37.9 Å². The van der Waals surface area contributed by atoms with Crippen LogP contribution < -0.4 is 5.32 Å². The number of aryl methyl sites for hydroxylation is 3. The first kappa shape index (κ1) is 13.7. The van der Waals surface area contributed by atoms with Crippen molar-refractivity contribution in [2.24, 2.45) is 7.05 Å². The van der Waals surface area contributed by atoms with Gasteiger partial charge in [-0.25, -0.2) is 4.98 Å². The number of aromatic nitrogens is 3. The molecule has 0 spiro atoms. The molecule has 0 radical (unpaired) electrons. The Morgan fingerprint density at radius 1 is 1.42 bits per heavy atom. The Bertz CT molecular complexity index is 600. The van der Waals surface area contributed by atoms with Crippen LogP contribution in [0.3, 0.4) is 0 Å². The minimum atomic E-state index is 0.00449. The predicted octanol–water partition coefficient (Wildman–Crippen LogP) is 1.66. The molecule has 1 N–H and O–H groups in total. The van der Waals surface area contributed by atoms with E-state index in [9.17, 15) is 4.79 Å². The van der Waals surface area contributed by atoms with Crippen LogP contribution in [0, 0.1) is 20.8 Å². The van der Waals surface area contributed by atoms with Gasteiger partial charge in [0.25, 0.3) is 0 Å². The molecule has 0 fully saturated rings. The Morgan fingerprint density at radius 2 is 2.16 bits per heavy atom. The van der Waals surface area contributed by atoms with Gasteiger partial charge in [-0.3, -0.25) is 9.48 Å². The predicted molar refractivity (Wildman–Crippen MR) is 75.1 cm³/mol. The molecule has 0 bridgehead atoms. The van der Waals surface area contributed by atoms with Crippen molar-refractivity contribution in [3.05, 3.63) is 33.0 Å². The summed E-state index contributed by atoms with van der Waals surface area (Å²) in [5, 5.41) is 10.2. The van der Waals surface area contributed by atoms with Crippen molar-refractivity contribution in [3.8, 4) is 0 Å². The second-order valence-corrected chi connectivity index (χ2v) is 5.65. The summed E-state index contributed by atoms with van der Waals surface area (Å²) in [7, 11) is 1.89. The topological polar surface area (TPSA) is 59.8 Å². The van der Waals surface area contributed by atoms with Crippen molar-refractivity contribution in [1.29, 1.82) is 0 Å². The molecule has 19 heavy (non-hydrogen) atoms. The van der Waals surface area contributed by atoms with Gasteiger partial charge in [-0.1, -0.05) is 0 Å². The summed E-state index contributed by atoms with van der Waals surface area (Å²) in [4.78, 5) is 16.2. The normalized spacial score (nSPS) is 10.7. The van der Waals surface area contributed by atoms with Crippen LogP contribution >= 0.6 is 11.3 Å². The summed E-state index contributed by atoms with van der Waals surface area (Å²) in [6.45, 7) is 6.35. The standard InChI is InChI=1S/C13H18N4OS/c1-8-12(9(2)17(4)16-8)5-13(18)14-6-11-7-19-10(3)15-11/h7H,5-6H2,1-4H3,(H,14,18). The first-order chi connectivity index (χ1) is 8.97. The van der Waals surface area contributed by atoms with Crippen LogP contribution in [-0.4, -0.2) is 20.7 Å². The third kappa shape index (κ3) is 3.20. The van der Waals surface area contributed by atoms with Crippen LogP contribution in [0.5, 0.6) is 0 Å². The van der Waals surface area contributed by atoms with Gasteiger partial charge in [0.1, 0.15) is 0 Å². The van der Waals surface area contributed by atoms with E-state index in [0.29, 0.717) is 13.0 Å². The third-order valence-electron chi connectivity index (χ3n) is 3.13. The van der Waals surface area contributed by atoms with Gasteiger partial charge in [-0.05, 0) is 20.8 Å². The Kier molecular flexibility index (Phi) is 3.99. The number of carbonyl (C=O) groups excluding carboxylic acids is 1. The SMILES string of the molecule is Cc1nc(CNC(=O)Cc2c(C)nn(C)c2C)cs1. The number of carbonyl (C=O) groups is 1. The van der Waals surface area contributed by atoms with Crippen LogP contribution in [0.2, 0.25) is 0 Å². The molecule has 2 aromatic rings. The minimum absolute atomic E-state index is 0.00449. The summed E-state index contributed by atoms with van der Waals surface area (Å²) in [5.41, 5.74) is 3.88. The van der Waals surface area contributed by atoms with Crippen LogP contribution in [0.25, 0.3) is 0 Å². The maximum atomic E-state index is 11.9. The molecule has 0 unspecified atom stereocenters. The molecule has 1 amide bonds. The van der Waals surface area contributed by atoms with Crippen molar-refractivity contribution < 1.29 is 4.79 Å². The van der Waals surface area contributed by atoms with E-state index in [1.54, 1.807) is 11.3 Å². The molecule has 0 saturated carbocycles. The van der Waals surface area contributed by atoms with Gasteiger partial charge >= 0.3 is 0 Å². The largest absolute Gasteiger partial charge is 0.350 e. The van der Waals surface area contributed by atoms with Gasteiger partial charge in [0.15, 0.2) is 0 Å². The molecule has 0 saturated heterocycles. The molecular weight excluding hydrogens is 260 g/mol. The highest BCUT2D eigenvalue weighted by Gasteiger charge is 2.13. The number of hydrogen-bond donors (Lipinski definition) is 1. The summed E-state index contributed by atoms with van der Waals surface area (Å²) in [6.07, 6.45) is 0.370. The Balaban J connectivity index is 1.94. The van der Waals surface area contributed by atoms with Gasteiger partial charge in [-0.2, -0.15) is 5.10 Å². The lowest BCUT2D eigenvalue weighted by Crippen LogP contribution is -2.25. The lowest BCUT2D eigenvalue weighted by molar-refractivity contribution is -0.120. The van der Waals surface area contributed by atoms with Gasteiger partial charge in [0.2, 0.25) is 5.91 Å². The lowest BCUT2D eigenvalue weighted by atomic mass is 10.1. The van der Waals surface area contributed by atoms with E-state index in [-0.39, 0.29) is 5.91 Å². The van der Waals surface area contributed by atoms with Crippen molar-refractivity contribution in [1.82, 2.24) is 20.1 Å². The van der Waals surface area contributed by atoms with Crippen LogP contribution in [-0.2, 0) is 24.8 Å². The van der Waals surface area contributed by atoms with E-state index in [4.69, 9.17) is 0 Å². The molecule has 0 atom stereocenters. The number of nitrogens with one attached hydrogen (secondary N) is 1. The summed E-state index contributed by atoms with van der Waals surface area (Å²) in [6, 6.07) is 0. The van der Waals surface area contributed by atoms with Crippen molar-refractivity contribution in [2.75, 3.05) is 0 Å². The zero-order valence-electron chi connectivity index (χ0n) is 11.6. The number of rotatable bonds is 4. The first-order valence-corrected chi connectivity index (χ1v) is 7.02. The van der Waals surface area contributed by atoms with Gasteiger partial charge < -0.3 is 5.32 Å². The van der Waals surface area contributed by atoms with Gasteiger partial charge in [-0.15, -0.1) is 11.3 Å². The molecule has 2 heterocycles. The fraction of sp³-hybridized carbons (Fsp3) is 0.462. The molecular formula is C13H18N4OS. The maximum Gasteiger partial charge on any atom is 0.224 e. The third-order valence-corrected chi connectivity index (χ3v) is 3.95. The summed E-state index contributed by atoms with van der Waals surface area (Å²) >= 11 is 1.59. The van der Waals surface area contributed by atoms with E-state index < -0.39 is 0 Å². The maximum absolute atomic E-state index is 11.9. The fourth-order valence-corrected chi connectivity index (χ4v) is 2.59. The molecule has 0 aromatic carbocycles. The molecule has 2 rings (SSSR count). The molecule has 2 aromatic heterocycles. The van der Waals surface area contributed by atoms with Crippen LogP contribution in [0.4, 0.5) is 0 Å². The first-order valence-electron chi connectivity index (χ1n) is 6.14. The smallest absolute Gasteiger partial charge is 0.224 e. The quantitative estimate of drug-likeness (QED) is 0.925. The average Bonchev–Trinajstić information content (AvgIpc) is 2.86. The Hall–Kier alpha value is -1.69. The van der Waals surface area contributed by atoms with E-state index in [0.717, 1.165) is 27.7 Å². The monoisotopic (exact) mass is 278 g/mol. The fourth-order valence-electron chi connectivity index (χ4n) is 1.97. The van der Waals surface area contributed by atoms with Gasteiger partial charge in [0.05, 0.1) is 29.4 Å². The molecule has 0 aliphatic carbocycles. The van der Waals surface area contributed by atoms with E-state index in [2.05, 4.69) is 15.4 Å². The molecule has 5 nitrogen and oxygen atoms in total. The average molecular weight is 278 g/mol.